The second kappa shape index (κ2) is 7.77. The highest BCUT2D eigenvalue weighted by Crippen LogP contribution is 2.26. The van der Waals surface area contributed by atoms with Crippen LogP contribution in [-0.2, 0) is 10.0 Å². The molecule has 7 nitrogen and oxygen atoms in total. The van der Waals surface area contributed by atoms with Gasteiger partial charge in [-0.15, -0.1) is 21.5 Å². The van der Waals surface area contributed by atoms with Gasteiger partial charge < -0.3 is 0 Å². The zero-order valence-corrected chi connectivity index (χ0v) is 18.2. The van der Waals surface area contributed by atoms with Crippen molar-refractivity contribution in [3.63, 3.8) is 0 Å². The largest absolute Gasteiger partial charge is 0.280 e. The molecule has 31 heavy (non-hydrogen) atoms. The number of anilines is 1. The molecule has 0 radical (unpaired) electrons. The van der Waals surface area contributed by atoms with Gasteiger partial charge in [0.25, 0.3) is 10.0 Å². The van der Waals surface area contributed by atoms with E-state index in [1.807, 2.05) is 35.7 Å². The summed E-state index contributed by atoms with van der Waals surface area (Å²) in [5, 5.41) is 15.4. The molecule has 3 heterocycles. The van der Waals surface area contributed by atoms with Crippen LogP contribution in [0.25, 0.3) is 27.6 Å². The van der Waals surface area contributed by atoms with Crippen LogP contribution in [0.1, 0.15) is 0 Å². The van der Waals surface area contributed by atoms with Crippen molar-refractivity contribution >= 4 is 44.3 Å². The minimum Gasteiger partial charge on any atom is -0.280 e. The van der Waals surface area contributed by atoms with Gasteiger partial charge in [0.2, 0.25) is 0 Å². The first-order valence-electron chi connectivity index (χ1n) is 9.15. The average Bonchev–Trinajstić information content (AvgIpc) is 3.43. The van der Waals surface area contributed by atoms with Crippen LogP contribution in [-0.4, -0.2) is 28.2 Å². The first-order chi connectivity index (χ1) is 15.0. The van der Waals surface area contributed by atoms with E-state index in [1.165, 1.54) is 12.1 Å². The Labute approximate surface area is 187 Å². The quantitative estimate of drug-likeness (QED) is 0.394. The maximum Gasteiger partial charge on any atom is 0.261 e. The molecule has 0 fully saturated rings. The summed E-state index contributed by atoms with van der Waals surface area (Å²) in [4.78, 5) is 1.05. The average molecular weight is 468 g/mol. The van der Waals surface area contributed by atoms with E-state index in [1.54, 1.807) is 46.2 Å². The van der Waals surface area contributed by atoms with Crippen LogP contribution in [0.4, 0.5) is 5.69 Å². The van der Waals surface area contributed by atoms with Crippen LogP contribution in [0, 0.1) is 0 Å². The second-order valence-corrected chi connectivity index (χ2v) is 9.70. The van der Waals surface area contributed by atoms with Crippen molar-refractivity contribution in [3.8, 4) is 22.0 Å². The Morgan fingerprint density at radius 3 is 2.61 bits per heavy atom. The molecular weight excluding hydrogens is 454 g/mol. The molecule has 5 aromatic rings. The SMILES string of the molecule is O=S(=O)(Nc1cccc(-c2ccc3nnc(-c4cccs4)n3n2)c1)c1cccc(Cl)c1. The van der Waals surface area contributed by atoms with Crippen molar-refractivity contribution in [2.45, 2.75) is 4.90 Å². The Kier molecular flexibility index (Phi) is 4.93. The number of benzene rings is 2. The van der Waals surface area contributed by atoms with Gasteiger partial charge in [-0.3, -0.25) is 4.72 Å². The predicted molar refractivity (Wildman–Crippen MR) is 122 cm³/mol. The number of sulfonamides is 1. The summed E-state index contributed by atoms with van der Waals surface area (Å²) in [6.07, 6.45) is 0. The molecule has 0 aliphatic heterocycles. The monoisotopic (exact) mass is 467 g/mol. The summed E-state index contributed by atoms with van der Waals surface area (Å²) in [5.41, 5.74) is 2.46. The first-order valence-corrected chi connectivity index (χ1v) is 11.9. The van der Waals surface area contributed by atoms with Crippen LogP contribution in [0.2, 0.25) is 5.02 Å². The van der Waals surface area contributed by atoms with Crippen LogP contribution < -0.4 is 4.72 Å². The number of hydrogen-bond acceptors (Lipinski definition) is 6. The predicted octanol–water partition coefficient (Wildman–Crippen LogP) is 4.97. The van der Waals surface area contributed by atoms with E-state index in [2.05, 4.69) is 20.0 Å². The topological polar surface area (TPSA) is 89.2 Å². The van der Waals surface area contributed by atoms with Crippen LogP contribution in [0.5, 0.6) is 0 Å². The molecular formula is C21H14ClN5O2S2. The van der Waals surface area contributed by atoms with Crippen LogP contribution >= 0.6 is 22.9 Å². The van der Waals surface area contributed by atoms with Crippen molar-refractivity contribution in [3.05, 3.63) is 83.2 Å². The summed E-state index contributed by atoms with van der Waals surface area (Å²) in [7, 11) is -3.78. The molecule has 0 saturated heterocycles. The molecule has 2 aromatic carbocycles. The van der Waals surface area contributed by atoms with E-state index in [9.17, 15) is 8.42 Å². The fraction of sp³-hybridized carbons (Fsp3) is 0. The lowest BCUT2D eigenvalue weighted by atomic mass is 10.1. The van der Waals surface area contributed by atoms with Gasteiger partial charge in [-0.2, -0.15) is 9.61 Å². The Morgan fingerprint density at radius 2 is 1.81 bits per heavy atom. The number of nitrogens with one attached hydrogen (secondary N) is 1. The molecule has 1 N–H and O–H groups in total. The summed E-state index contributed by atoms with van der Waals surface area (Å²) >= 11 is 7.49. The van der Waals surface area contributed by atoms with Gasteiger partial charge in [0, 0.05) is 16.3 Å². The number of fused-ring (bicyclic) bond motifs is 1. The molecule has 0 saturated carbocycles. The van der Waals surface area contributed by atoms with Crippen molar-refractivity contribution in [2.75, 3.05) is 4.72 Å². The molecule has 0 aliphatic carbocycles. The van der Waals surface area contributed by atoms with Gasteiger partial charge in [0.05, 0.1) is 15.5 Å². The molecule has 0 bridgehead atoms. The number of thiophene rings is 1. The third-order valence-electron chi connectivity index (χ3n) is 4.52. The Morgan fingerprint density at radius 1 is 0.935 bits per heavy atom. The summed E-state index contributed by atoms with van der Waals surface area (Å²) < 4.78 is 29.7. The minimum atomic E-state index is -3.78. The Balaban J connectivity index is 1.50. The smallest absolute Gasteiger partial charge is 0.261 e. The lowest BCUT2D eigenvalue weighted by Crippen LogP contribution is -2.12. The standard InChI is InChI=1S/C21H14ClN5O2S2/c22-15-5-2-7-17(13-15)31(28,29)26-16-6-1-4-14(12-16)18-9-10-20-23-24-21(27(20)25-18)19-8-3-11-30-19/h1-13,26H. The molecule has 5 rings (SSSR count). The first kappa shape index (κ1) is 19.7. The highest BCUT2D eigenvalue weighted by molar-refractivity contribution is 7.92. The molecule has 0 amide bonds. The molecule has 0 spiro atoms. The van der Waals surface area contributed by atoms with E-state index in [4.69, 9.17) is 11.6 Å². The third kappa shape index (κ3) is 3.90. The highest BCUT2D eigenvalue weighted by atomic mass is 35.5. The molecule has 0 unspecified atom stereocenters. The summed E-state index contributed by atoms with van der Waals surface area (Å²) in [6.45, 7) is 0. The normalized spacial score (nSPS) is 11.6. The maximum atomic E-state index is 12.7. The van der Waals surface area contributed by atoms with E-state index in [0.717, 1.165) is 10.4 Å². The van der Waals surface area contributed by atoms with Crippen molar-refractivity contribution in [2.24, 2.45) is 0 Å². The van der Waals surface area contributed by atoms with Gasteiger partial charge in [0.15, 0.2) is 11.5 Å². The zero-order valence-electron chi connectivity index (χ0n) is 15.8. The molecule has 0 atom stereocenters. The van der Waals surface area contributed by atoms with E-state index < -0.39 is 10.0 Å². The molecule has 3 aromatic heterocycles. The fourth-order valence-corrected chi connectivity index (χ4v) is 5.14. The molecule has 10 heteroatoms. The van der Waals surface area contributed by atoms with Crippen LogP contribution in [0.15, 0.2) is 83.1 Å². The number of rotatable bonds is 5. The number of halogens is 1. The maximum absolute atomic E-state index is 12.7. The molecule has 154 valence electrons. The lowest BCUT2D eigenvalue weighted by Gasteiger charge is -2.10. The van der Waals surface area contributed by atoms with Gasteiger partial charge in [0.1, 0.15) is 0 Å². The molecule has 0 aliphatic rings. The highest BCUT2D eigenvalue weighted by Gasteiger charge is 2.16. The van der Waals surface area contributed by atoms with Gasteiger partial charge in [-0.25, -0.2) is 8.42 Å². The fourth-order valence-electron chi connectivity index (χ4n) is 3.09. The Hall–Kier alpha value is -3.27. The Bertz CT molecular complexity index is 1500. The van der Waals surface area contributed by atoms with Crippen LogP contribution in [0.3, 0.4) is 0 Å². The zero-order chi connectivity index (χ0) is 21.4. The van der Waals surface area contributed by atoms with Gasteiger partial charge in [-0.05, 0) is 53.9 Å². The number of nitrogens with zero attached hydrogens (tertiary/aromatic N) is 4. The van der Waals surface area contributed by atoms with E-state index in [-0.39, 0.29) is 4.90 Å². The van der Waals surface area contributed by atoms with E-state index in [0.29, 0.717) is 27.9 Å². The third-order valence-corrected chi connectivity index (χ3v) is 7.00. The second-order valence-electron chi connectivity index (χ2n) is 6.63. The van der Waals surface area contributed by atoms with Crippen molar-refractivity contribution < 1.29 is 8.42 Å². The minimum absolute atomic E-state index is 0.0926. The summed E-state index contributed by atoms with van der Waals surface area (Å²) in [5.74, 6) is 0.657. The van der Waals surface area contributed by atoms with Gasteiger partial charge >= 0.3 is 0 Å². The van der Waals surface area contributed by atoms with Crippen molar-refractivity contribution in [1.82, 2.24) is 19.8 Å². The van der Waals surface area contributed by atoms with E-state index >= 15 is 0 Å². The number of hydrogen-bond donors (Lipinski definition) is 1. The summed E-state index contributed by atoms with van der Waals surface area (Å²) in [6, 6.07) is 20.7. The lowest BCUT2D eigenvalue weighted by molar-refractivity contribution is 0.601. The van der Waals surface area contributed by atoms with Gasteiger partial charge in [-0.1, -0.05) is 35.9 Å². The number of aromatic nitrogens is 4. The van der Waals surface area contributed by atoms with Crippen molar-refractivity contribution in [1.29, 1.82) is 0 Å².